The van der Waals surface area contributed by atoms with E-state index in [0.29, 0.717) is 5.56 Å². The summed E-state index contributed by atoms with van der Waals surface area (Å²) < 4.78 is 0.868. The van der Waals surface area contributed by atoms with Crippen molar-refractivity contribution in [2.75, 3.05) is 0 Å². The molecular formula is C13H19BrO2. The van der Waals surface area contributed by atoms with Crippen LogP contribution in [-0.2, 0) is 11.0 Å². The molecule has 0 aromatic heterocycles. The van der Waals surface area contributed by atoms with Crippen molar-refractivity contribution in [3.05, 3.63) is 27.7 Å². The lowest BCUT2D eigenvalue weighted by molar-refractivity contribution is 0.0755. The van der Waals surface area contributed by atoms with Gasteiger partial charge < -0.3 is 10.2 Å². The molecule has 90 valence electrons. The molecule has 1 aromatic rings. The van der Waals surface area contributed by atoms with Gasteiger partial charge in [0.1, 0.15) is 5.75 Å². The predicted octanol–water partition coefficient (Wildman–Crippen LogP) is 3.68. The molecule has 0 atom stereocenters. The van der Waals surface area contributed by atoms with E-state index in [2.05, 4.69) is 15.9 Å². The number of aliphatic hydroxyl groups is 1. The lowest BCUT2D eigenvalue weighted by Crippen LogP contribution is -2.19. The minimum absolute atomic E-state index is 0.159. The molecule has 1 aromatic carbocycles. The maximum atomic E-state index is 10.2. The van der Waals surface area contributed by atoms with Crippen molar-refractivity contribution in [3.63, 3.8) is 0 Å². The van der Waals surface area contributed by atoms with Gasteiger partial charge in [0, 0.05) is 15.6 Å². The molecule has 2 nitrogen and oxygen atoms in total. The van der Waals surface area contributed by atoms with Gasteiger partial charge in [0.25, 0.3) is 0 Å². The smallest absolute Gasteiger partial charge is 0.125 e. The van der Waals surface area contributed by atoms with Gasteiger partial charge in [0.15, 0.2) is 0 Å². The van der Waals surface area contributed by atoms with Crippen LogP contribution in [0.5, 0.6) is 5.75 Å². The molecule has 0 heterocycles. The molecule has 0 bridgehead atoms. The molecule has 0 amide bonds. The van der Waals surface area contributed by atoms with Crippen LogP contribution in [0.15, 0.2) is 16.6 Å². The summed E-state index contributed by atoms with van der Waals surface area (Å²) in [6, 6.07) is 3.65. The number of benzene rings is 1. The number of hydrogen-bond donors (Lipinski definition) is 2. The van der Waals surface area contributed by atoms with Crippen molar-refractivity contribution >= 4 is 15.9 Å². The van der Waals surface area contributed by atoms with Gasteiger partial charge >= 0.3 is 0 Å². The third-order valence-corrected chi connectivity index (χ3v) is 3.00. The van der Waals surface area contributed by atoms with E-state index in [1.165, 1.54) is 0 Å². The van der Waals surface area contributed by atoms with Crippen LogP contribution in [-0.4, -0.2) is 10.2 Å². The van der Waals surface area contributed by atoms with Gasteiger partial charge in [-0.3, -0.25) is 0 Å². The summed E-state index contributed by atoms with van der Waals surface area (Å²) in [7, 11) is 0. The molecule has 16 heavy (non-hydrogen) atoms. The van der Waals surface area contributed by atoms with Crippen molar-refractivity contribution in [1.82, 2.24) is 0 Å². The summed E-state index contributed by atoms with van der Waals surface area (Å²) in [5, 5.41) is 20.2. The second kappa shape index (κ2) is 4.04. The Morgan fingerprint density at radius 2 is 1.44 bits per heavy atom. The molecule has 0 saturated heterocycles. The second-order valence-electron chi connectivity index (χ2n) is 5.66. The van der Waals surface area contributed by atoms with Crippen LogP contribution in [0.4, 0.5) is 0 Å². The zero-order valence-corrected chi connectivity index (χ0v) is 12.0. The monoisotopic (exact) mass is 286 g/mol. The third kappa shape index (κ3) is 2.77. The zero-order chi connectivity index (χ0) is 12.7. The van der Waals surface area contributed by atoms with E-state index < -0.39 is 5.60 Å². The first-order valence-electron chi connectivity index (χ1n) is 5.29. The Morgan fingerprint density at radius 3 is 1.81 bits per heavy atom. The van der Waals surface area contributed by atoms with Crippen molar-refractivity contribution in [2.45, 2.75) is 45.6 Å². The molecule has 0 spiro atoms. The minimum Gasteiger partial charge on any atom is -0.507 e. The summed E-state index contributed by atoms with van der Waals surface area (Å²) in [5.41, 5.74) is 0.174. The highest BCUT2D eigenvalue weighted by Crippen LogP contribution is 2.39. The molecule has 0 aliphatic rings. The van der Waals surface area contributed by atoms with Gasteiger partial charge in [0.05, 0.1) is 5.60 Å². The van der Waals surface area contributed by atoms with Crippen molar-refractivity contribution in [3.8, 4) is 5.75 Å². The number of phenolic OH excluding ortho intramolecular Hbond substituents is 1. The summed E-state index contributed by atoms with van der Waals surface area (Å²) in [6.07, 6.45) is 0. The van der Waals surface area contributed by atoms with Crippen LogP contribution in [0.2, 0.25) is 0 Å². The fourth-order valence-electron chi connectivity index (χ4n) is 1.64. The Kier molecular flexibility index (Phi) is 3.42. The summed E-state index contributed by atoms with van der Waals surface area (Å²) >= 11 is 3.41. The van der Waals surface area contributed by atoms with E-state index in [1.807, 2.05) is 26.8 Å². The van der Waals surface area contributed by atoms with Gasteiger partial charge in [-0.2, -0.15) is 0 Å². The Morgan fingerprint density at radius 1 is 1.00 bits per heavy atom. The molecule has 0 fully saturated rings. The number of halogens is 1. The number of rotatable bonds is 1. The maximum Gasteiger partial charge on any atom is 0.125 e. The predicted molar refractivity (Wildman–Crippen MR) is 69.8 cm³/mol. The first kappa shape index (κ1) is 13.5. The van der Waals surface area contributed by atoms with Crippen LogP contribution in [0.3, 0.4) is 0 Å². The Hall–Kier alpha value is -0.540. The first-order valence-corrected chi connectivity index (χ1v) is 6.08. The Labute approximate surface area is 105 Å². The highest BCUT2D eigenvalue weighted by Gasteiger charge is 2.27. The molecule has 3 heteroatoms. The van der Waals surface area contributed by atoms with Crippen LogP contribution in [0, 0.1) is 0 Å². The van der Waals surface area contributed by atoms with Gasteiger partial charge in [-0.1, -0.05) is 36.7 Å². The van der Waals surface area contributed by atoms with Crippen LogP contribution >= 0.6 is 15.9 Å². The molecule has 0 unspecified atom stereocenters. The topological polar surface area (TPSA) is 40.5 Å². The van der Waals surface area contributed by atoms with Gasteiger partial charge in [-0.25, -0.2) is 0 Å². The number of aromatic hydroxyl groups is 1. The number of phenols is 1. The average Bonchev–Trinajstić information content (AvgIpc) is 2.04. The van der Waals surface area contributed by atoms with E-state index >= 15 is 0 Å². The fourth-order valence-corrected chi connectivity index (χ4v) is 2.10. The van der Waals surface area contributed by atoms with Gasteiger partial charge in [-0.05, 0) is 31.4 Å². The van der Waals surface area contributed by atoms with Crippen LogP contribution in [0.25, 0.3) is 0 Å². The van der Waals surface area contributed by atoms with Crippen molar-refractivity contribution in [1.29, 1.82) is 0 Å². The highest BCUT2D eigenvalue weighted by atomic mass is 79.9. The van der Waals surface area contributed by atoms with E-state index in [-0.39, 0.29) is 11.2 Å². The maximum absolute atomic E-state index is 10.2. The summed E-state index contributed by atoms with van der Waals surface area (Å²) in [4.78, 5) is 0. The molecule has 0 aliphatic carbocycles. The number of hydrogen-bond acceptors (Lipinski definition) is 2. The molecule has 0 aliphatic heterocycles. The molecule has 2 N–H and O–H groups in total. The van der Waals surface area contributed by atoms with Crippen molar-refractivity contribution in [2.24, 2.45) is 0 Å². The third-order valence-electron chi connectivity index (χ3n) is 2.54. The minimum atomic E-state index is -1.05. The van der Waals surface area contributed by atoms with E-state index in [1.54, 1.807) is 19.9 Å². The summed E-state index contributed by atoms with van der Waals surface area (Å²) in [6.45, 7) is 9.43. The lowest BCUT2D eigenvalue weighted by Gasteiger charge is -2.26. The SMILES string of the molecule is CC(C)(C)c1cc(Br)cc(C(C)(C)O)c1O. The molecule has 0 radical (unpaired) electrons. The van der Waals surface area contributed by atoms with E-state index in [9.17, 15) is 10.2 Å². The standard InChI is InChI=1S/C13H19BrO2/c1-12(2,3)9-6-8(14)7-10(11(9)15)13(4,5)16/h6-7,15-16H,1-5H3. The molecule has 0 saturated carbocycles. The largest absolute Gasteiger partial charge is 0.507 e. The fraction of sp³-hybridized carbons (Fsp3) is 0.538. The normalized spacial score (nSPS) is 12.9. The Bertz CT molecular complexity index is 362. The Balaban J connectivity index is 3.51. The van der Waals surface area contributed by atoms with E-state index in [0.717, 1.165) is 10.0 Å². The highest BCUT2D eigenvalue weighted by molar-refractivity contribution is 9.10. The lowest BCUT2D eigenvalue weighted by atomic mass is 9.83. The van der Waals surface area contributed by atoms with Crippen LogP contribution in [0.1, 0.15) is 45.7 Å². The van der Waals surface area contributed by atoms with E-state index in [4.69, 9.17) is 0 Å². The summed E-state index contributed by atoms with van der Waals surface area (Å²) in [5.74, 6) is 0.184. The second-order valence-corrected chi connectivity index (χ2v) is 6.57. The first-order chi connectivity index (χ1) is 7.03. The average molecular weight is 287 g/mol. The quantitative estimate of drug-likeness (QED) is 0.827. The molecular weight excluding hydrogens is 268 g/mol. The van der Waals surface area contributed by atoms with Crippen LogP contribution < -0.4 is 0 Å². The van der Waals surface area contributed by atoms with Crippen molar-refractivity contribution < 1.29 is 10.2 Å². The van der Waals surface area contributed by atoms with Gasteiger partial charge in [-0.15, -0.1) is 0 Å². The van der Waals surface area contributed by atoms with Gasteiger partial charge in [0.2, 0.25) is 0 Å². The zero-order valence-electron chi connectivity index (χ0n) is 10.4. The molecule has 1 rings (SSSR count).